The van der Waals surface area contributed by atoms with Crippen LogP contribution in [-0.2, 0) is 0 Å². The third-order valence-electron chi connectivity index (χ3n) is 5.54. The number of fused-ring (bicyclic) bond motifs is 7. The maximum absolute atomic E-state index is 2.47. The molecule has 2 aromatic carbocycles. The Morgan fingerprint density at radius 3 is 2.11 bits per heavy atom. The number of hydrogen-bond donors (Lipinski definition) is 0. The van der Waals surface area contributed by atoms with Gasteiger partial charge in [0.1, 0.15) is 0 Å². The molecule has 18 heavy (non-hydrogen) atoms. The molecule has 0 bridgehead atoms. The highest BCUT2D eigenvalue weighted by Gasteiger charge is 2.66. The van der Waals surface area contributed by atoms with Gasteiger partial charge in [-0.15, -0.1) is 0 Å². The minimum Gasteiger partial charge on any atom is -0.0620 e. The quantitative estimate of drug-likeness (QED) is 0.636. The smallest absolute Gasteiger partial charge is 0.0135 e. The summed E-state index contributed by atoms with van der Waals surface area (Å²) in [5.74, 6) is 3.31. The van der Waals surface area contributed by atoms with Crippen molar-refractivity contribution in [1.29, 1.82) is 0 Å². The van der Waals surface area contributed by atoms with Gasteiger partial charge in [0.15, 0.2) is 0 Å². The summed E-state index contributed by atoms with van der Waals surface area (Å²) in [6.07, 6.45) is 0. The van der Waals surface area contributed by atoms with E-state index in [1.54, 1.807) is 22.3 Å². The summed E-state index contributed by atoms with van der Waals surface area (Å²) in [6, 6.07) is 14.1. The van der Waals surface area contributed by atoms with Crippen molar-refractivity contribution in [2.45, 2.75) is 31.6 Å². The Hall–Kier alpha value is -1.56. The monoisotopic (exact) mass is 232 g/mol. The summed E-state index contributed by atoms with van der Waals surface area (Å²) in [6.45, 7) is 4.50. The maximum Gasteiger partial charge on any atom is 0.0135 e. The largest absolute Gasteiger partial charge is 0.0620 e. The molecule has 0 saturated heterocycles. The van der Waals surface area contributed by atoms with E-state index in [1.165, 1.54) is 11.1 Å². The van der Waals surface area contributed by atoms with Crippen LogP contribution in [0, 0.1) is 19.8 Å². The fourth-order valence-corrected chi connectivity index (χ4v) is 4.65. The van der Waals surface area contributed by atoms with Crippen LogP contribution in [0.1, 0.15) is 51.1 Å². The van der Waals surface area contributed by atoms with Crippen LogP contribution in [0.15, 0.2) is 36.4 Å². The van der Waals surface area contributed by atoms with Crippen molar-refractivity contribution in [3.63, 3.8) is 0 Å². The lowest BCUT2D eigenvalue weighted by molar-refractivity contribution is 0.750. The van der Waals surface area contributed by atoms with E-state index in [-0.39, 0.29) is 0 Å². The van der Waals surface area contributed by atoms with E-state index >= 15 is 0 Å². The van der Waals surface area contributed by atoms with Gasteiger partial charge < -0.3 is 0 Å². The van der Waals surface area contributed by atoms with Gasteiger partial charge in [0.25, 0.3) is 0 Å². The molecule has 2 aromatic rings. The molecule has 1 fully saturated rings. The summed E-state index contributed by atoms with van der Waals surface area (Å²) in [7, 11) is 0. The molecule has 4 atom stereocenters. The van der Waals surface area contributed by atoms with E-state index in [9.17, 15) is 0 Å². The number of rotatable bonds is 0. The molecular formula is C18H16. The van der Waals surface area contributed by atoms with E-state index in [2.05, 4.69) is 50.2 Å². The Bertz CT molecular complexity index is 695. The molecule has 5 rings (SSSR count). The molecule has 0 aliphatic heterocycles. The van der Waals surface area contributed by atoms with Gasteiger partial charge >= 0.3 is 0 Å². The number of hydrogen-bond acceptors (Lipinski definition) is 0. The average molecular weight is 232 g/mol. The van der Waals surface area contributed by atoms with Gasteiger partial charge in [0.2, 0.25) is 0 Å². The lowest BCUT2D eigenvalue weighted by atomic mass is 9.91. The first-order chi connectivity index (χ1) is 8.77. The normalized spacial score (nSPS) is 33.0. The van der Waals surface area contributed by atoms with E-state index in [0.29, 0.717) is 5.92 Å². The summed E-state index contributed by atoms with van der Waals surface area (Å²) in [5, 5.41) is 0. The van der Waals surface area contributed by atoms with Crippen LogP contribution in [0.25, 0.3) is 0 Å². The summed E-state index contributed by atoms with van der Waals surface area (Å²) in [4.78, 5) is 0. The first kappa shape index (κ1) is 9.38. The maximum atomic E-state index is 2.47. The Labute approximate surface area is 108 Å². The fourth-order valence-electron chi connectivity index (χ4n) is 4.65. The molecular weight excluding hydrogens is 216 g/mol. The number of benzene rings is 2. The van der Waals surface area contributed by atoms with Gasteiger partial charge in [-0.1, -0.05) is 36.4 Å². The zero-order chi connectivity index (χ0) is 12.0. The molecule has 0 spiro atoms. The highest BCUT2D eigenvalue weighted by atomic mass is 14.7. The van der Waals surface area contributed by atoms with Crippen LogP contribution < -0.4 is 0 Å². The van der Waals surface area contributed by atoms with Crippen molar-refractivity contribution >= 4 is 0 Å². The minimum absolute atomic E-state index is 0.713. The Kier molecular flexibility index (Phi) is 1.41. The molecule has 0 unspecified atom stereocenters. The topological polar surface area (TPSA) is 0 Å². The van der Waals surface area contributed by atoms with Gasteiger partial charge in [-0.25, -0.2) is 0 Å². The van der Waals surface area contributed by atoms with Crippen LogP contribution in [0.5, 0.6) is 0 Å². The summed E-state index contributed by atoms with van der Waals surface area (Å²) in [5.41, 5.74) is 9.47. The molecule has 0 radical (unpaired) electrons. The molecule has 0 amide bonds. The van der Waals surface area contributed by atoms with Crippen molar-refractivity contribution in [2.24, 2.45) is 5.92 Å². The minimum atomic E-state index is 0.713. The zero-order valence-corrected chi connectivity index (χ0v) is 10.8. The van der Waals surface area contributed by atoms with Crippen LogP contribution in [0.4, 0.5) is 0 Å². The lowest BCUT2D eigenvalue weighted by Crippen LogP contribution is -1.98. The van der Waals surface area contributed by atoms with Gasteiger partial charge in [-0.3, -0.25) is 0 Å². The van der Waals surface area contributed by atoms with Crippen molar-refractivity contribution in [1.82, 2.24) is 0 Å². The fraction of sp³-hybridized carbons (Fsp3) is 0.333. The number of aryl methyl sites for hydroxylation is 2. The second kappa shape index (κ2) is 2.71. The molecule has 0 N–H and O–H groups in total. The summed E-state index contributed by atoms with van der Waals surface area (Å²) >= 11 is 0. The molecule has 3 aliphatic carbocycles. The second-order valence-electron chi connectivity index (χ2n) is 6.30. The standard InChI is InChI=1S/C18H16/c1-9-7-13-14(8-10(9)2)17-16-12-6-4-3-5-11(12)15(13)18(16)17/h3-8,15-18H,1-2H3/t15-,16-,17+,18+/m1/s1. The van der Waals surface area contributed by atoms with Crippen LogP contribution in [0.2, 0.25) is 0 Å². The zero-order valence-electron chi connectivity index (χ0n) is 10.8. The Morgan fingerprint density at radius 1 is 0.722 bits per heavy atom. The van der Waals surface area contributed by atoms with Crippen LogP contribution >= 0.6 is 0 Å². The Balaban J connectivity index is 1.81. The van der Waals surface area contributed by atoms with Crippen molar-refractivity contribution in [2.75, 3.05) is 0 Å². The Morgan fingerprint density at radius 2 is 1.33 bits per heavy atom. The third-order valence-corrected chi connectivity index (χ3v) is 5.54. The van der Waals surface area contributed by atoms with Crippen LogP contribution in [0.3, 0.4) is 0 Å². The van der Waals surface area contributed by atoms with Gasteiger partial charge in [-0.2, -0.15) is 0 Å². The molecule has 0 nitrogen and oxygen atoms in total. The van der Waals surface area contributed by atoms with Crippen molar-refractivity contribution in [3.05, 3.63) is 69.8 Å². The highest BCUT2D eigenvalue weighted by molar-refractivity contribution is 5.65. The SMILES string of the molecule is Cc1cc2c(cc1C)[C@H]1[C@H]3c4ccccc4[C@H]2[C@@H]31. The first-order valence-corrected chi connectivity index (χ1v) is 6.97. The van der Waals surface area contributed by atoms with E-state index in [1.807, 2.05) is 0 Å². The molecule has 0 aromatic heterocycles. The second-order valence-corrected chi connectivity index (χ2v) is 6.30. The van der Waals surface area contributed by atoms with Crippen molar-refractivity contribution < 1.29 is 0 Å². The molecule has 0 heteroatoms. The van der Waals surface area contributed by atoms with Crippen molar-refractivity contribution in [3.8, 4) is 0 Å². The van der Waals surface area contributed by atoms with E-state index in [0.717, 1.165) is 17.8 Å². The predicted molar refractivity (Wildman–Crippen MR) is 73.2 cm³/mol. The lowest BCUT2D eigenvalue weighted by Gasteiger charge is -2.13. The van der Waals surface area contributed by atoms with Crippen LogP contribution in [-0.4, -0.2) is 0 Å². The molecule has 1 saturated carbocycles. The highest BCUT2D eigenvalue weighted by Crippen LogP contribution is 2.77. The van der Waals surface area contributed by atoms with Gasteiger partial charge in [0, 0.05) is 5.92 Å². The average Bonchev–Trinajstić information content (AvgIpc) is 2.92. The molecule has 0 heterocycles. The molecule has 3 aliphatic rings. The summed E-state index contributed by atoms with van der Waals surface area (Å²) < 4.78 is 0. The van der Waals surface area contributed by atoms with E-state index < -0.39 is 0 Å². The third kappa shape index (κ3) is 0.849. The first-order valence-electron chi connectivity index (χ1n) is 6.97. The molecule has 88 valence electrons. The predicted octanol–water partition coefficient (Wildman–Crippen LogP) is 4.26. The van der Waals surface area contributed by atoms with Gasteiger partial charge in [0.05, 0.1) is 0 Å². The van der Waals surface area contributed by atoms with E-state index in [4.69, 9.17) is 0 Å². The van der Waals surface area contributed by atoms with Gasteiger partial charge in [-0.05, 0) is 65.0 Å².